The highest BCUT2D eigenvalue weighted by molar-refractivity contribution is 5.79. The van der Waals surface area contributed by atoms with Crippen molar-refractivity contribution in [1.29, 1.82) is 0 Å². The molecule has 0 aromatic rings. The van der Waals surface area contributed by atoms with E-state index in [4.69, 9.17) is 0 Å². The van der Waals surface area contributed by atoms with Crippen LogP contribution >= 0.6 is 0 Å². The van der Waals surface area contributed by atoms with Crippen LogP contribution in [0.3, 0.4) is 0 Å². The van der Waals surface area contributed by atoms with E-state index < -0.39 is 16.9 Å². The van der Waals surface area contributed by atoms with Crippen LogP contribution < -0.4 is 5.32 Å². The second-order valence-electron chi connectivity index (χ2n) is 5.16. The van der Waals surface area contributed by atoms with E-state index in [1.807, 2.05) is 13.8 Å². The second kappa shape index (κ2) is 5.38. The summed E-state index contributed by atoms with van der Waals surface area (Å²) in [5, 5.41) is 12.0. The average Bonchev–Trinajstić information content (AvgIpc) is 2.18. The van der Waals surface area contributed by atoms with Crippen LogP contribution in [0.5, 0.6) is 0 Å². The van der Waals surface area contributed by atoms with Gasteiger partial charge < -0.3 is 15.3 Å². The largest absolute Gasteiger partial charge is 0.481 e. The van der Waals surface area contributed by atoms with Crippen LogP contribution in [0.1, 0.15) is 41.5 Å². The Hall–Kier alpha value is -1.26. The molecule has 0 aromatic heterocycles. The van der Waals surface area contributed by atoms with Gasteiger partial charge in [0, 0.05) is 13.1 Å². The number of nitrogens with one attached hydrogen (secondary N) is 1. The molecule has 0 aliphatic rings. The van der Waals surface area contributed by atoms with Crippen molar-refractivity contribution in [3.05, 3.63) is 0 Å². The van der Waals surface area contributed by atoms with E-state index in [1.54, 1.807) is 32.6 Å². The van der Waals surface area contributed by atoms with E-state index in [0.29, 0.717) is 13.1 Å². The van der Waals surface area contributed by atoms with Crippen molar-refractivity contribution in [3.8, 4) is 0 Å². The van der Waals surface area contributed by atoms with Gasteiger partial charge in [-0.05, 0) is 41.5 Å². The molecule has 5 heteroatoms. The number of carboxylic acid groups (broad SMARTS) is 1. The fourth-order valence-electron chi connectivity index (χ4n) is 1.28. The van der Waals surface area contributed by atoms with Gasteiger partial charge in [-0.1, -0.05) is 0 Å². The molecule has 0 heterocycles. The van der Waals surface area contributed by atoms with E-state index in [-0.39, 0.29) is 6.03 Å². The molecule has 0 unspecified atom stereocenters. The summed E-state index contributed by atoms with van der Waals surface area (Å²) in [5.74, 6) is -0.928. The molecule has 0 atom stereocenters. The second-order valence-corrected chi connectivity index (χ2v) is 5.16. The predicted molar refractivity (Wildman–Crippen MR) is 66.9 cm³/mol. The number of hydrogen-bond acceptors (Lipinski definition) is 2. The minimum atomic E-state index is -1.03. The van der Waals surface area contributed by atoms with Crippen LogP contribution in [-0.4, -0.2) is 40.6 Å². The number of urea groups is 1. The summed E-state index contributed by atoms with van der Waals surface area (Å²) in [6.45, 7) is 11.6. The van der Waals surface area contributed by atoms with Crippen molar-refractivity contribution >= 4 is 12.0 Å². The van der Waals surface area contributed by atoms with E-state index in [1.165, 1.54) is 0 Å². The van der Waals surface area contributed by atoms with Crippen molar-refractivity contribution in [2.45, 2.75) is 47.1 Å². The summed E-state index contributed by atoms with van der Waals surface area (Å²) < 4.78 is 0. The highest BCUT2D eigenvalue weighted by atomic mass is 16.4. The quantitative estimate of drug-likeness (QED) is 0.776. The topological polar surface area (TPSA) is 69.6 Å². The van der Waals surface area contributed by atoms with Crippen LogP contribution in [0, 0.1) is 5.41 Å². The Kier molecular flexibility index (Phi) is 4.98. The average molecular weight is 244 g/mol. The molecular weight excluding hydrogens is 220 g/mol. The number of carbonyl (C=O) groups excluding carboxylic acids is 1. The smallest absolute Gasteiger partial charge is 0.317 e. The van der Waals surface area contributed by atoms with E-state index in [0.717, 1.165) is 0 Å². The molecule has 0 saturated heterocycles. The summed E-state index contributed by atoms with van der Waals surface area (Å²) >= 11 is 0. The molecule has 0 saturated carbocycles. The van der Waals surface area contributed by atoms with Gasteiger partial charge in [-0.2, -0.15) is 0 Å². The van der Waals surface area contributed by atoms with Gasteiger partial charge >= 0.3 is 12.0 Å². The van der Waals surface area contributed by atoms with Crippen molar-refractivity contribution in [3.63, 3.8) is 0 Å². The van der Waals surface area contributed by atoms with Crippen LogP contribution in [0.15, 0.2) is 0 Å². The highest BCUT2D eigenvalue weighted by Crippen LogP contribution is 2.30. The Morgan fingerprint density at radius 1 is 1.12 bits per heavy atom. The molecule has 0 aliphatic heterocycles. The standard InChI is InChI=1S/C12H24N2O3/c1-7-14(8-2)10(17)13-12(5,6)11(3,4)9(15)16/h7-8H2,1-6H3,(H,13,17)(H,15,16). The Morgan fingerprint density at radius 2 is 1.53 bits per heavy atom. The third-order valence-corrected chi connectivity index (χ3v) is 3.57. The first kappa shape index (κ1) is 15.7. The molecule has 0 aromatic carbocycles. The third-order valence-electron chi connectivity index (χ3n) is 3.57. The van der Waals surface area contributed by atoms with Crippen LogP contribution in [0.4, 0.5) is 4.79 Å². The maximum atomic E-state index is 11.9. The number of carbonyl (C=O) groups is 2. The van der Waals surface area contributed by atoms with E-state index in [9.17, 15) is 14.7 Å². The summed E-state index contributed by atoms with van der Waals surface area (Å²) in [7, 11) is 0. The first-order valence-electron chi connectivity index (χ1n) is 5.90. The van der Waals surface area contributed by atoms with Gasteiger partial charge in [0.1, 0.15) is 0 Å². The fourth-order valence-corrected chi connectivity index (χ4v) is 1.28. The molecule has 100 valence electrons. The highest BCUT2D eigenvalue weighted by Gasteiger charge is 2.44. The molecule has 0 fully saturated rings. The van der Waals surface area contributed by atoms with Gasteiger partial charge in [0.15, 0.2) is 0 Å². The molecular formula is C12H24N2O3. The summed E-state index contributed by atoms with van der Waals surface area (Å²) in [5.41, 5.74) is -1.85. The molecule has 0 radical (unpaired) electrons. The molecule has 0 spiro atoms. The van der Waals surface area contributed by atoms with Crippen LogP contribution in [-0.2, 0) is 4.79 Å². The Bertz CT molecular complexity index is 294. The number of hydrogen-bond donors (Lipinski definition) is 2. The Labute approximate surface area is 103 Å². The summed E-state index contributed by atoms with van der Waals surface area (Å²) in [6, 6.07) is -0.227. The maximum absolute atomic E-state index is 11.9. The van der Waals surface area contributed by atoms with Crippen molar-refractivity contribution < 1.29 is 14.7 Å². The van der Waals surface area contributed by atoms with Crippen LogP contribution in [0.2, 0.25) is 0 Å². The van der Waals surface area contributed by atoms with Gasteiger partial charge in [-0.25, -0.2) is 4.79 Å². The zero-order valence-corrected chi connectivity index (χ0v) is 11.6. The molecule has 0 aliphatic carbocycles. The number of carboxylic acids is 1. The number of aliphatic carboxylic acids is 1. The van der Waals surface area contributed by atoms with Gasteiger partial charge in [0.25, 0.3) is 0 Å². The first-order valence-corrected chi connectivity index (χ1v) is 5.90. The minimum Gasteiger partial charge on any atom is -0.481 e. The lowest BCUT2D eigenvalue weighted by Gasteiger charge is -2.40. The third kappa shape index (κ3) is 3.35. The monoisotopic (exact) mass is 244 g/mol. The SMILES string of the molecule is CCN(CC)C(=O)NC(C)(C)C(C)(C)C(=O)O. The lowest BCUT2D eigenvalue weighted by Crippen LogP contribution is -2.59. The molecule has 17 heavy (non-hydrogen) atoms. The Morgan fingerprint density at radius 3 is 1.82 bits per heavy atom. The normalized spacial score (nSPS) is 12.1. The molecule has 0 rings (SSSR count). The Balaban J connectivity index is 4.87. The molecule has 2 amide bonds. The van der Waals surface area contributed by atoms with E-state index >= 15 is 0 Å². The van der Waals surface area contributed by atoms with Gasteiger partial charge in [0.05, 0.1) is 11.0 Å². The van der Waals surface area contributed by atoms with E-state index in [2.05, 4.69) is 5.32 Å². The molecule has 0 bridgehead atoms. The van der Waals surface area contributed by atoms with Crippen molar-refractivity contribution in [2.24, 2.45) is 5.41 Å². The first-order chi connectivity index (χ1) is 7.60. The zero-order chi connectivity index (χ0) is 13.9. The van der Waals surface area contributed by atoms with Gasteiger partial charge in [-0.3, -0.25) is 4.79 Å². The van der Waals surface area contributed by atoms with Gasteiger partial charge in [-0.15, -0.1) is 0 Å². The van der Waals surface area contributed by atoms with Gasteiger partial charge in [0.2, 0.25) is 0 Å². The number of amides is 2. The zero-order valence-electron chi connectivity index (χ0n) is 11.6. The van der Waals surface area contributed by atoms with Crippen LogP contribution in [0.25, 0.3) is 0 Å². The van der Waals surface area contributed by atoms with Crippen molar-refractivity contribution in [1.82, 2.24) is 10.2 Å². The minimum absolute atomic E-state index is 0.227. The lowest BCUT2D eigenvalue weighted by molar-refractivity contribution is -0.150. The number of rotatable bonds is 5. The maximum Gasteiger partial charge on any atom is 0.317 e. The summed E-state index contributed by atoms with van der Waals surface area (Å²) in [4.78, 5) is 24.7. The molecule has 5 nitrogen and oxygen atoms in total. The number of nitrogens with zero attached hydrogens (tertiary/aromatic N) is 1. The molecule has 2 N–H and O–H groups in total. The lowest BCUT2D eigenvalue weighted by atomic mass is 9.74. The predicted octanol–water partition coefficient (Wildman–Crippen LogP) is 1.93. The summed E-state index contributed by atoms with van der Waals surface area (Å²) in [6.07, 6.45) is 0. The fraction of sp³-hybridized carbons (Fsp3) is 0.833. The van der Waals surface area contributed by atoms with Crippen molar-refractivity contribution in [2.75, 3.05) is 13.1 Å².